The number of hydrogen-bond donors (Lipinski definition) is 2. The van der Waals surface area contributed by atoms with Crippen molar-refractivity contribution in [2.75, 3.05) is 0 Å². The first-order valence-electron chi connectivity index (χ1n) is 9.53. The zero-order valence-electron chi connectivity index (χ0n) is 16.6. The number of pyridine rings is 1. The predicted octanol–water partition coefficient (Wildman–Crippen LogP) is 3.81. The molecular weight excluding hydrogens is 354 g/mol. The highest BCUT2D eigenvalue weighted by Crippen LogP contribution is 2.16. The SMILES string of the molecule is Cc1cccn2cc(COc3ccc(CNC(CC(C)C)C(=O)O)cc3)nc12. The summed E-state index contributed by atoms with van der Waals surface area (Å²) in [4.78, 5) is 15.9. The minimum atomic E-state index is -0.809. The van der Waals surface area contributed by atoms with Crippen LogP contribution in [-0.2, 0) is 17.9 Å². The van der Waals surface area contributed by atoms with Gasteiger partial charge in [-0.1, -0.05) is 32.0 Å². The molecule has 6 nitrogen and oxygen atoms in total. The van der Waals surface area contributed by atoms with Gasteiger partial charge in [-0.2, -0.15) is 0 Å². The van der Waals surface area contributed by atoms with Gasteiger partial charge in [0.05, 0.1) is 5.69 Å². The Morgan fingerprint density at radius 2 is 2.00 bits per heavy atom. The van der Waals surface area contributed by atoms with E-state index in [2.05, 4.69) is 10.3 Å². The molecule has 0 saturated heterocycles. The van der Waals surface area contributed by atoms with Crippen LogP contribution in [0.2, 0.25) is 0 Å². The minimum Gasteiger partial charge on any atom is -0.487 e. The summed E-state index contributed by atoms with van der Waals surface area (Å²) < 4.78 is 7.84. The Hall–Kier alpha value is -2.86. The lowest BCUT2D eigenvalue weighted by atomic mass is 10.0. The molecule has 0 radical (unpaired) electrons. The summed E-state index contributed by atoms with van der Waals surface area (Å²) in [5.41, 5.74) is 3.96. The summed E-state index contributed by atoms with van der Waals surface area (Å²) in [7, 11) is 0. The second-order valence-electron chi connectivity index (χ2n) is 7.49. The Balaban J connectivity index is 1.55. The van der Waals surface area contributed by atoms with Crippen LogP contribution in [0.4, 0.5) is 0 Å². The molecule has 2 heterocycles. The summed E-state index contributed by atoms with van der Waals surface area (Å²) in [5, 5.41) is 12.4. The van der Waals surface area contributed by atoms with Crippen molar-refractivity contribution in [2.24, 2.45) is 5.92 Å². The lowest BCUT2D eigenvalue weighted by molar-refractivity contribution is -0.140. The van der Waals surface area contributed by atoms with E-state index in [1.807, 2.05) is 74.0 Å². The average Bonchev–Trinajstić information content (AvgIpc) is 3.08. The van der Waals surface area contributed by atoms with Crippen molar-refractivity contribution in [3.8, 4) is 5.75 Å². The fraction of sp³-hybridized carbons (Fsp3) is 0.364. The van der Waals surface area contributed by atoms with Gasteiger partial charge in [0.2, 0.25) is 0 Å². The summed E-state index contributed by atoms with van der Waals surface area (Å²) in [6.07, 6.45) is 4.56. The number of nitrogens with one attached hydrogen (secondary N) is 1. The van der Waals surface area contributed by atoms with Crippen LogP contribution in [0, 0.1) is 12.8 Å². The van der Waals surface area contributed by atoms with E-state index in [-0.39, 0.29) is 0 Å². The predicted molar refractivity (Wildman–Crippen MR) is 108 cm³/mol. The van der Waals surface area contributed by atoms with Gasteiger partial charge in [-0.25, -0.2) is 4.98 Å². The molecule has 0 amide bonds. The molecule has 28 heavy (non-hydrogen) atoms. The number of aliphatic carboxylic acids is 1. The van der Waals surface area contributed by atoms with Crippen LogP contribution in [-0.4, -0.2) is 26.5 Å². The lowest BCUT2D eigenvalue weighted by Crippen LogP contribution is -2.37. The van der Waals surface area contributed by atoms with E-state index < -0.39 is 12.0 Å². The Labute approximate surface area is 165 Å². The zero-order valence-corrected chi connectivity index (χ0v) is 16.6. The highest BCUT2D eigenvalue weighted by molar-refractivity contribution is 5.73. The van der Waals surface area contributed by atoms with Gasteiger partial charge in [0.1, 0.15) is 24.0 Å². The number of carbonyl (C=O) groups is 1. The molecule has 1 aromatic carbocycles. The summed E-state index contributed by atoms with van der Waals surface area (Å²) in [6.45, 7) is 6.99. The van der Waals surface area contributed by atoms with Crippen LogP contribution in [0.1, 0.15) is 37.1 Å². The number of aromatic nitrogens is 2. The third-order valence-electron chi connectivity index (χ3n) is 4.60. The second kappa shape index (κ2) is 8.89. The van der Waals surface area contributed by atoms with Gasteiger partial charge in [0.25, 0.3) is 0 Å². The van der Waals surface area contributed by atoms with Gasteiger partial charge in [-0.15, -0.1) is 0 Å². The fourth-order valence-electron chi connectivity index (χ4n) is 3.12. The number of fused-ring (bicyclic) bond motifs is 1. The molecular formula is C22H27N3O3. The molecule has 0 spiro atoms. The van der Waals surface area contributed by atoms with Crippen molar-refractivity contribution in [2.45, 2.75) is 46.4 Å². The first kappa shape index (κ1) is 19.9. The number of carboxylic acid groups (broad SMARTS) is 1. The number of imidazole rings is 1. The van der Waals surface area contributed by atoms with Gasteiger partial charge in [-0.05, 0) is 48.6 Å². The van der Waals surface area contributed by atoms with Crippen LogP contribution in [0.25, 0.3) is 5.65 Å². The van der Waals surface area contributed by atoms with E-state index in [0.717, 1.165) is 28.2 Å². The van der Waals surface area contributed by atoms with Crippen LogP contribution in [0.5, 0.6) is 5.75 Å². The van der Waals surface area contributed by atoms with Crippen molar-refractivity contribution in [1.82, 2.24) is 14.7 Å². The van der Waals surface area contributed by atoms with E-state index in [0.29, 0.717) is 25.5 Å². The Morgan fingerprint density at radius 3 is 2.64 bits per heavy atom. The molecule has 3 rings (SSSR count). The molecule has 2 N–H and O–H groups in total. The molecule has 0 aliphatic rings. The van der Waals surface area contributed by atoms with Crippen molar-refractivity contribution in [3.63, 3.8) is 0 Å². The van der Waals surface area contributed by atoms with Crippen LogP contribution in [0.15, 0.2) is 48.8 Å². The quantitative estimate of drug-likeness (QED) is 0.589. The van der Waals surface area contributed by atoms with Crippen molar-refractivity contribution in [3.05, 3.63) is 65.6 Å². The number of ether oxygens (including phenoxy) is 1. The van der Waals surface area contributed by atoms with Crippen LogP contribution < -0.4 is 10.1 Å². The smallest absolute Gasteiger partial charge is 0.320 e. The Bertz CT molecular complexity index is 932. The molecule has 0 saturated carbocycles. The van der Waals surface area contributed by atoms with Crippen LogP contribution >= 0.6 is 0 Å². The summed E-state index contributed by atoms with van der Waals surface area (Å²) >= 11 is 0. The third-order valence-corrected chi connectivity index (χ3v) is 4.60. The fourth-order valence-corrected chi connectivity index (χ4v) is 3.12. The third kappa shape index (κ3) is 5.10. The van der Waals surface area contributed by atoms with Crippen LogP contribution in [0.3, 0.4) is 0 Å². The molecule has 148 valence electrons. The standard InChI is InChI=1S/C22H27N3O3/c1-15(2)11-20(22(26)27)23-12-17-6-8-19(9-7-17)28-14-18-13-25-10-4-5-16(3)21(25)24-18/h4-10,13,15,20,23H,11-12,14H2,1-3H3,(H,26,27). The van der Waals surface area contributed by atoms with E-state index in [4.69, 9.17) is 4.74 Å². The molecule has 0 aliphatic heterocycles. The largest absolute Gasteiger partial charge is 0.487 e. The van der Waals surface area contributed by atoms with Gasteiger partial charge in [-0.3, -0.25) is 4.79 Å². The first-order chi connectivity index (χ1) is 13.4. The molecule has 1 atom stereocenters. The number of nitrogens with zero attached hydrogens (tertiary/aromatic N) is 2. The molecule has 3 aromatic rings. The summed E-state index contributed by atoms with van der Waals surface area (Å²) in [5.74, 6) is 0.276. The normalized spacial score (nSPS) is 12.4. The van der Waals surface area contributed by atoms with Crippen molar-refractivity contribution >= 4 is 11.6 Å². The summed E-state index contributed by atoms with van der Waals surface area (Å²) in [6, 6.07) is 11.2. The zero-order chi connectivity index (χ0) is 20.1. The monoisotopic (exact) mass is 381 g/mol. The maximum absolute atomic E-state index is 11.3. The number of carboxylic acids is 1. The Morgan fingerprint density at radius 1 is 1.25 bits per heavy atom. The minimum absolute atomic E-state index is 0.327. The first-order valence-corrected chi connectivity index (χ1v) is 9.53. The van der Waals surface area contributed by atoms with Gasteiger partial charge in [0.15, 0.2) is 0 Å². The highest BCUT2D eigenvalue weighted by Gasteiger charge is 2.17. The highest BCUT2D eigenvalue weighted by atomic mass is 16.5. The van der Waals surface area contributed by atoms with E-state index >= 15 is 0 Å². The number of hydrogen-bond acceptors (Lipinski definition) is 4. The molecule has 0 fully saturated rings. The van der Waals surface area contributed by atoms with Gasteiger partial charge < -0.3 is 19.6 Å². The van der Waals surface area contributed by atoms with Crippen molar-refractivity contribution < 1.29 is 14.6 Å². The number of aryl methyl sites for hydroxylation is 1. The average molecular weight is 381 g/mol. The maximum atomic E-state index is 11.3. The lowest BCUT2D eigenvalue weighted by Gasteiger charge is -2.16. The topological polar surface area (TPSA) is 75.9 Å². The van der Waals surface area contributed by atoms with E-state index in [1.165, 1.54) is 0 Å². The molecule has 0 aliphatic carbocycles. The molecule has 0 bridgehead atoms. The molecule has 6 heteroatoms. The second-order valence-corrected chi connectivity index (χ2v) is 7.49. The Kier molecular flexibility index (Phi) is 6.31. The molecule has 1 unspecified atom stereocenters. The van der Waals surface area contributed by atoms with Gasteiger partial charge in [0, 0.05) is 18.9 Å². The molecule has 2 aromatic heterocycles. The number of benzene rings is 1. The maximum Gasteiger partial charge on any atom is 0.320 e. The number of rotatable bonds is 9. The van der Waals surface area contributed by atoms with E-state index in [9.17, 15) is 9.90 Å². The van der Waals surface area contributed by atoms with E-state index in [1.54, 1.807) is 0 Å². The van der Waals surface area contributed by atoms with Gasteiger partial charge >= 0.3 is 5.97 Å². The van der Waals surface area contributed by atoms with Crippen molar-refractivity contribution in [1.29, 1.82) is 0 Å².